The van der Waals surface area contributed by atoms with Crippen LogP contribution in [0, 0.1) is 0 Å². The van der Waals surface area contributed by atoms with Crippen LogP contribution in [0.3, 0.4) is 0 Å². The van der Waals surface area contributed by atoms with Crippen LogP contribution in [0.5, 0.6) is 0 Å². The summed E-state index contributed by atoms with van der Waals surface area (Å²) in [6, 6.07) is 3.93. The molecule has 0 fully saturated rings. The first-order valence-corrected chi connectivity index (χ1v) is 7.29. The summed E-state index contributed by atoms with van der Waals surface area (Å²) in [5, 5.41) is 10.1. The van der Waals surface area contributed by atoms with Gasteiger partial charge < -0.3 is 10.0 Å². The van der Waals surface area contributed by atoms with Gasteiger partial charge in [-0.05, 0) is 24.5 Å². The second-order valence-electron chi connectivity index (χ2n) is 4.95. The molecule has 20 heavy (non-hydrogen) atoms. The van der Waals surface area contributed by atoms with E-state index in [0.29, 0.717) is 6.42 Å². The van der Waals surface area contributed by atoms with Gasteiger partial charge in [0.15, 0.2) is 5.13 Å². The van der Waals surface area contributed by atoms with E-state index >= 15 is 0 Å². The first-order valence-electron chi connectivity index (χ1n) is 6.47. The third-order valence-electron chi connectivity index (χ3n) is 3.47. The van der Waals surface area contributed by atoms with Gasteiger partial charge in [-0.15, -0.1) is 11.3 Å². The van der Waals surface area contributed by atoms with Crippen molar-refractivity contribution in [2.24, 2.45) is 0 Å². The Kier molecular flexibility index (Phi) is 3.40. The highest BCUT2D eigenvalue weighted by Gasteiger charge is 2.32. The third kappa shape index (κ3) is 2.38. The van der Waals surface area contributed by atoms with E-state index < -0.39 is 11.9 Å². The molecule has 2 heterocycles. The molecule has 1 unspecified atom stereocenters. The number of nitrogens with zero attached hydrogens (tertiary/aromatic N) is 3. The standard InChI is InChI=1S/C14H15N3O2S/c1-17(8-9-3-2-6-15-7-9)14-16-12-10(13(18)19)4-5-11(12)20-14/h2-3,6-7,10H,4-5,8H2,1H3,(H,18,19). The minimum absolute atomic E-state index is 0.429. The number of rotatable bonds is 4. The van der Waals surface area contributed by atoms with Crippen molar-refractivity contribution in [1.82, 2.24) is 9.97 Å². The molecule has 0 aromatic carbocycles. The van der Waals surface area contributed by atoms with Gasteiger partial charge in [0.25, 0.3) is 0 Å². The van der Waals surface area contributed by atoms with E-state index in [2.05, 4.69) is 9.97 Å². The lowest BCUT2D eigenvalue weighted by molar-refractivity contribution is -0.138. The predicted octanol–water partition coefficient (Wildman–Crippen LogP) is 2.29. The van der Waals surface area contributed by atoms with Gasteiger partial charge in [0.1, 0.15) is 5.92 Å². The molecule has 104 valence electrons. The number of hydrogen-bond acceptors (Lipinski definition) is 5. The minimum Gasteiger partial charge on any atom is -0.481 e. The number of fused-ring (bicyclic) bond motifs is 1. The van der Waals surface area contributed by atoms with Gasteiger partial charge in [-0.1, -0.05) is 6.07 Å². The lowest BCUT2D eigenvalue weighted by Gasteiger charge is -2.15. The zero-order chi connectivity index (χ0) is 14.1. The summed E-state index contributed by atoms with van der Waals surface area (Å²) in [6.07, 6.45) is 5.08. The fourth-order valence-corrected chi connectivity index (χ4v) is 3.55. The molecule has 2 aromatic rings. The monoisotopic (exact) mass is 289 g/mol. The first kappa shape index (κ1) is 13.1. The third-order valence-corrected chi connectivity index (χ3v) is 4.72. The number of carboxylic acids is 1. The molecule has 1 atom stereocenters. The zero-order valence-corrected chi connectivity index (χ0v) is 11.9. The summed E-state index contributed by atoms with van der Waals surface area (Å²) < 4.78 is 0. The maximum atomic E-state index is 11.2. The summed E-state index contributed by atoms with van der Waals surface area (Å²) in [4.78, 5) is 23.0. The number of hydrogen-bond donors (Lipinski definition) is 1. The molecular formula is C14H15N3O2S. The minimum atomic E-state index is -0.768. The maximum Gasteiger partial charge on any atom is 0.312 e. The zero-order valence-electron chi connectivity index (χ0n) is 11.1. The van der Waals surface area contributed by atoms with E-state index in [1.54, 1.807) is 17.5 Å². The van der Waals surface area contributed by atoms with Crippen LogP contribution in [0.25, 0.3) is 0 Å². The lowest BCUT2D eigenvalue weighted by Crippen LogP contribution is -2.17. The van der Waals surface area contributed by atoms with E-state index in [9.17, 15) is 9.90 Å². The highest BCUT2D eigenvalue weighted by molar-refractivity contribution is 7.15. The number of anilines is 1. The molecule has 6 heteroatoms. The summed E-state index contributed by atoms with van der Waals surface area (Å²) >= 11 is 1.60. The Morgan fingerprint density at radius 1 is 1.60 bits per heavy atom. The Balaban J connectivity index is 1.79. The average Bonchev–Trinajstić information content (AvgIpc) is 2.98. The van der Waals surface area contributed by atoms with Gasteiger partial charge in [-0.2, -0.15) is 0 Å². The van der Waals surface area contributed by atoms with Crippen LogP contribution >= 0.6 is 11.3 Å². The molecule has 0 saturated carbocycles. The van der Waals surface area contributed by atoms with Crippen molar-refractivity contribution in [2.75, 3.05) is 11.9 Å². The number of thiazole rings is 1. The summed E-state index contributed by atoms with van der Waals surface area (Å²) in [7, 11) is 1.97. The molecule has 2 aromatic heterocycles. The number of carbonyl (C=O) groups is 1. The normalized spacial score (nSPS) is 16.9. The number of carboxylic acid groups (broad SMARTS) is 1. The topological polar surface area (TPSA) is 66.3 Å². The van der Waals surface area contributed by atoms with Crippen molar-refractivity contribution in [1.29, 1.82) is 0 Å². The van der Waals surface area contributed by atoms with E-state index in [1.807, 2.05) is 30.3 Å². The highest BCUT2D eigenvalue weighted by Crippen LogP contribution is 2.39. The van der Waals surface area contributed by atoms with Crippen molar-refractivity contribution >= 4 is 22.4 Å². The summed E-state index contributed by atoms with van der Waals surface area (Å²) in [5.74, 6) is -1.20. The lowest BCUT2D eigenvalue weighted by atomic mass is 10.1. The van der Waals surface area contributed by atoms with Crippen LogP contribution in [-0.4, -0.2) is 28.1 Å². The van der Waals surface area contributed by atoms with Crippen LogP contribution in [-0.2, 0) is 17.8 Å². The van der Waals surface area contributed by atoms with Crippen molar-refractivity contribution < 1.29 is 9.90 Å². The Labute approximate surface area is 120 Å². The summed E-state index contributed by atoms with van der Waals surface area (Å²) in [5.41, 5.74) is 1.87. The first-order chi connectivity index (χ1) is 9.65. The van der Waals surface area contributed by atoms with Gasteiger partial charge in [0.2, 0.25) is 0 Å². The molecule has 0 spiro atoms. The van der Waals surface area contributed by atoms with Crippen molar-refractivity contribution in [3.05, 3.63) is 40.7 Å². The fraction of sp³-hybridized carbons (Fsp3) is 0.357. The maximum absolute atomic E-state index is 11.2. The SMILES string of the molecule is CN(Cc1cccnc1)c1nc2c(s1)CCC2C(=O)O. The van der Waals surface area contributed by atoms with Crippen molar-refractivity contribution in [3.63, 3.8) is 0 Å². The Morgan fingerprint density at radius 2 is 2.45 bits per heavy atom. The molecule has 1 aliphatic rings. The molecule has 5 nitrogen and oxygen atoms in total. The average molecular weight is 289 g/mol. The van der Waals surface area contributed by atoms with Gasteiger partial charge in [-0.25, -0.2) is 4.98 Å². The van der Waals surface area contributed by atoms with Gasteiger partial charge in [0.05, 0.1) is 5.69 Å². The molecule has 0 bridgehead atoms. The van der Waals surface area contributed by atoms with Gasteiger partial charge in [-0.3, -0.25) is 9.78 Å². The molecule has 0 amide bonds. The molecule has 1 aliphatic carbocycles. The van der Waals surface area contributed by atoms with Crippen LogP contribution in [0.1, 0.15) is 28.5 Å². The van der Waals surface area contributed by atoms with Crippen molar-refractivity contribution in [2.45, 2.75) is 25.3 Å². The quantitative estimate of drug-likeness (QED) is 0.935. The Bertz CT molecular complexity index is 627. The molecule has 1 N–H and O–H groups in total. The Hall–Kier alpha value is -1.95. The number of pyridine rings is 1. The van der Waals surface area contributed by atoms with Gasteiger partial charge in [0, 0.05) is 30.9 Å². The van der Waals surface area contributed by atoms with Crippen LogP contribution in [0.15, 0.2) is 24.5 Å². The van der Waals surface area contributed by atoms with E-state index in [4.69, 9.17) is 0 Å². The van der Waals surface area contributed by atoms with Gasteiger partial charge >= 0.3 is 5.97 Å². The van der Waals surface area contributed by atoms with Crippen molar-refractivity contribution in [3.8, 4) is 0 Å². The Morgan fingerprint density at radius 3 is 3.15 bits per heavy atom. The molecular weight excluding hydrogens is 274 g/mol. The molecule has 3 rings (SSSR count). The van der Waals surface area contributed by atoms with Crippen LogP contribution < -0.4 is 4.90 Å². The highest BCUT2D eigenvalue weighted by atomic mass is 32.1. The summed E-state index contributed by atoms with van der Waals surface area (Å²) in [6.45, 7) is 0.720. The smallest absolute Gasteiger partial charge is 0.312 e. The molecule has 0 saturated heterocycles. The molecule has 0 radical (unpaired) electrons. The second-order valence-corrected chi connectivity index (χ2v) is 6.01. The predicted molar refractivity (Wildman–Crippen MR) is 77.2 cm³/mol. The fourth-order valence-electron chi connectivity index (χ4n) is 2.45. The number of aromatic nitrogens is 2. The number of aliphatic carboxylic acids is 1. The van der Waals surface area contributed by atoms with Crippen LogP contribution in [0.2, 0.25) is 0 Å². The van der Waals surface area contributed by atoms with Crippen LogP contribution in [0.4, 0.5) is 5.13 Å². The number of aryl methyl sites for hydroxylation is 1. The largest absolute Gasteiger partial charge is 0.481 e. The second kappa shape index (κ2) is 5.20. The van der Waals surface area contributed by atoms with E-state index in [1.165, 1.54) is 0 Å². The molecule has 0 aliphatic heterocycles. The van der Waals surface area contributed by atoms with E-state index in [0.717, 1.165) is 34.2 Å². The van der Waals surface area contributed by atoms with E-state index in [-0.39, 0.29) is 0 Å².